The summed E-state index contributed by atoms with van der Waals surface area (Å²) >= 11 is 0. The molecule has 1 amide bonds. The minimum Gasteiger partial charge on any atom is -0.508 e. The fraction of sp³-hybridized carbons (Fsp3) is 0.467. The lowest BCUT2D eigenvalue weighted by Gasteiger charge is -2.34. The molecular weight excluding hydrogens is 258 g/mol. The second-order valence-electron chi connectivity index (χ2n) is 5.20. The third-order valence-corrected chi connectivity index (χ3v) is 4.25. The lowest BCUT2D eigenvalue weighted by molar-refractivity contribution is -0.148. The van der Waals surface area contributed by atoms with Gasteiger partial charge in [0.15, 0.2) is 0 Å². The number of hydrogen-bond donors (Lipinski definition) is 2. The average molecular weight is 277 g/mol. The molecule has 0 saturated carbocycles. The number of phenolic OH excluding ortho intramolecular Hbond substituents is 1. The van der Waals surface area contributed by atoms with Gasteiger partial charge in [-0.2, -0.15) is 0 Å². The standard InChI is InChI=1S/C15H19NO4/c1-3-15(14(19)20)8-5-9-16(15)13(18)11-6-4-7-12(17)10(11)2/h4,6-7,17H,3,5,8-9H2,1-2H3,(H,19,20). The molecule has 0 spiro atoms. The Morgan fingerprint density at radius 1 is 1.40 bits per heavy atom. The number of carboxylic acid groups (broad SMARTS) is 1. The van der Waals surface area contributed by atoms with Crippen molar-refractivity contribution in [3.05, 3.63) is 29.3 Å². The molecule has 1 fully saturated rings. The predicted molar refractivity (Wildman–Crippen MR) is 73.8 cm³/mol. The normalized spacial score (nSPS) is 22.0. The number of carbonyl (C=O) groups excluding carboxylic acids is 1. The summed E-state index contributed by atoms with van der Waals surface area (Å²) < 4.78 is 0. The number of phenols is 1. The molecule has 5 nitrogen and oxygen atoms in total. The smallest absolute Gasteiger partial charge is 0.329 e. The quantitative estimate of drug-likeness (QED) is 0.887. The van der Waals surface area contributed by atoms with Crippen molar-refractivity contribution in [2.45, 2.75) is 38.6 Å². The van der Waals surface area contributed by atoms with Crippen LogP contribution < -0.4 is 0 Å². The van der Waals surface area contributed by atoms with E-state index in [0.29, 0.717) is 36.9 Å². The summed E-state index contributed by atoms with van der Waals surface area (Å²) in [5.74, 6) is -1.23. The molecule has 1 aliphatic heterocycles. The van der Waals surface area contributed by atoms with Gasteiger partial charge in [-0.05, 0) is 38.3 Å². The summed E-state index contributed by atoms with van der Waals surface area (Å²) in [7, 11) is 0. The minimum absolute atomic E-state index is 0.0486. The van der Waals surface area contributed by atoms with Crippen LogP contribution in [0.5, 0.6) is 5.75 Å². The Morgan fingerprint density at radius 2 is 2.10 bits per heavy atom. The number of carbonyl (C=O) groups is 2. The summed E-state index contributed by atoms with van der Waals surface area (Å²) in [5.41, 5.74) is -0.264. The van der Waals surface area contributed by atoms with Crippen LogP contribution in [0.25, 0.3) is 0 Å². The highest BCUT2D eigenvalue weighted by Gasteiger charge is 2.48. The van der Waals surface area contributed by atoms with Gasteiger partial charge in [0.05, 0.1) is 0 Å². The van der Waals surface area contributed by atoms with Gasteiger partial charge in [0.2, 0.25) is 0 Å². The molecule has 0 aromatic heterocycles. The van der Waals surface area contributed by atoms with Crippen molar-refractivity contribution >= 4 is 11.9 Å². The summed E-state index contributed by atoms with van der Waals surface area (Å²) in [6.45, 7) is 3.89. The van der Waals surface area contributed by atoms with Crippen molar-refractivity contribution in [1.82, 2.24) is 4.90 Å². The van der Waals surface area contributed by atoms with E-state index in [1.54, 1.807) is 26.0 Å². The summed E-state index contributed by atoms with van der Waals surface area (Å²) in [6, 6.07) is 4.73. The zero-order valence-corrected chi connectivity index (χ0v) is 11.7. The molecule has 1 aliphatic rings. The van der Waals surface area contributed by atoms with E-state index in [4.69, 9.17) is 0 Å². The summed E-state index contributed by atoms with van der Waals surface area (Å²) in [5, 5.41) is 19.2. The number of hydrogen-bond acceptors (Lipinski definition) is 3. The predicted octanol–water partition coefficient (Wildman–Crippen LogP) is 2.17. The van der Waals surface area contributed by atoms with Crippen LogP contribution in [-0.2, 0) is 4.79 Å². The molecule has 0 aliphatic carbocycles. The van der Waals surface area contributed by atoms with Gasteiger partial charge in [-0.3, -0.25) is 4.79 Å². The first kappa shape index (κ1) is 14.4. The molecule has 5 heteroatoms. The zero-order chi connectivity index (χ0) is 14.9. The van der Waals surface area contributed by atoms with Crippen molar-refractivity contribution < 1.29 is 19.8 Å². The molecule has 1 atom stereocenters. The van der Waals surface area contributed by atoms with Crippen LogP contribution >= 0.6 is 0 Å². The van der Waals surface area contributed by atoms with Crippen molar-refractivity contribution in [3.8, 4) is 5.75 Å². The number of benzene rings is 1. The van der Waals surface area contributed by atoms with Crippen molar-refractivity contribution in [1.29, 1.82) is 0 Å². The first-order valence-corrected chi connectivity index (χ1v) is 6.78. The minimum atomic E-state index is -1.12. The Labute approximate surface area is 117 Å². The van der Waals surface area contributed by atoms with Gasteiger partial charge in [0, 0.05) is 17.7 Å². The molecule has 1 unspecified atom stereocenters. The maximum absolute atomic E-state index is 12.7. The maximum Gasteiger partial charge on any atom is 0.329 e. The molecule has 1 aromatic rings. The number of likely N-dealkylation sites (tertiary alicyclic amines) is 1. The van der Waals surface area contributed by atoms with Crippen LogP contribution in [0.3, 0.4) is 0 Å². The van der Waals surface area contributed by atoms with Crippen molar-refractivity contribution in [2.75, 3.05) is 6.54 Å². The van der Waals surface area contributed by atoms with E-state index in [9.17, 15) is 19.8 Å². The lowest BCUT2D eigenvalue weighted by atomic mass is 9.92. The molecule has 1 aromatic carbocycles. The fourth-order valence-electron chi connectivity index (χ4n) is 2.92. The molecule has 1 heterocycles. The third-order valence-electron chi connectivity index (χ3n) is 4.25. The van der Waals surface area contributed by atoms with Gasteiger partial charge >= 0.3 is 5.97 Å². The first-order chi connectivity index (χ1) is 9.44. The van der Waals surface area contributed by atoms with Gasteiger partial charge < -0.3 is 15.1 Å². The SMILES string of the molecule is CCC1(C(=O)O)CCCN1C(=O)c1cccc(O)c1C. The van der Waals surface area contributed by atoms with E-state index in [1.807, 2.05) is 0 Å². The van der Waals surface area contributed by atoms with Crippen LogP contribution in [0.2, 0.25) is 0 Å². The van der Waals surface area contributed by atoms with Crippen LogP contribution in [-0.4, -0.2) is 39.1 Å². The Morgan fingerprint density at radius 3 is 2.70 bits per heavy atom. The monoisotopic (exact) mass is 277 g/mol. The Kier molecular flexibility index (Phi) is 3.70. The van der Waals surface area contributed by atoms with Crippen LogP contribution in [0, 0.1) is 6.92 Å². The Balaban J connectivity index is 2.42. The molecular formula is C15H19NO4. The van der Waals surface area contributed by atoms with E-state index < -0.39 is 11.5 Å². The molecule has 2 N–H and O–H groups in total. The van der Waals surface area contributed by atoms with Crippen LogP contribution in [0.4, 0.5) is 0 Å². The number of aromatic hydroxyl groups is 1. The van der Waals surface area contributed by atoms with Crippen LogP contribution in [0.15, 0.2) is 18.2 Å². The molecule has 20 heavy (non-hydrogen) atoms. The van der Waals surface area contributed by atoms with Gasteiger partial charge in [-0.25, -0.2) is 4.79 Å². The number of aliphatic carboxylic acids is 1. The number of amides is 1. The second-order valence-corrected chi connectivity index (χ2v) is 5.20. The largest absolute Gasteiger partial charge is 0.508 e. The maximum atomic E-state index is 12.7. The van der Waals surface area contributed by atoms with Crippen LogP contribution in [0.1, 0.15) is 42.1 Å². The van der Waals surface area contributed by atoms with E-state index in [0.717, 1.165) is 0 Å². The second kappa shape index (κ2) is 5.15. The highest BCUT2D eigenvalue weighted by Crippen LogP contribution is 2.35. The van der Waals surface area contributed by atoms with Crippen molar-refractivity contribution in [3.63, 3.8) is 0 Å². The molecule has 108 valence electrons. The molecule has 2 rings (SSSR count). The van der Waals surface area contributed by atoms with Gasteiger partial charge in [-0.1, -0.05) is 13.0 Å². The number of nitrogens with zero attached hydrogens (tertiary/aromatic N) is 1. The lowest BCUT2D eigenvalue weighted by Crippen LogP contribution is -2.52. The summed E-state index contributed by atoms with van der Waals surface area (Å²) in [4.78, 5) is 25.7. The van der Waals surface area contributed by atoms with E-state index in [2.05, 4.69) is 0 Å². The average Bonchev–Trinajstić information content (AvgIpc) is 2.86. The van der Waals surface area contributed by atoms with E-state index in [1.165, 1.54) is 11.0 Å². The molecule has 0 bridgehead atoms. The summed E-state index contributed by atoms with van der Waals surface area (Å²) in [6.07, 6.45) is 1.54. The Bertz CT molecular complexity index is 555. The molecule has 1 saturated heterocycles. The van der Waals surface area contributed by atoms with Gasteiger partial charge in [0.1, 0.15) is 11.3 Å². The Hall–Kier alpha value is -2.04. The fourth-order valence-corrected chi connectivity index (χ4v) is 2.92. The number of rotatable bonds is 3. The number of carboxylic acids is 1. The zero-order valence-electron chi connectivity index (χ0n) is 11.7. The van der Waals surface area contributed by atoms with E-state index in [-0.39, 0.29) is 11.7 Å². The topological polar surface area (TPSA) is 77.8 Å². The first-order valence-electron chi connectivity index (χ1n) is 6.78. The third kappa shape index (κ3) is 2.03. The van der Waals surface area contributed by atoms with E-state index >= 15 is 0 Å². The highest BCUT2D eigenvalue weighted by atomic mass is 16.4. The van der Waals surface area contributed by atoms with Crippen molar-refractivity contribution in [2.24, 2.45) is 0 Å². The molecule has 0 radical (unpaired) electrons. The van der Waals surface area contributed by atoms with Gasteiger partial charge in [-0.15, -0.1) is 0 Å². The highest BCUT2D eigenvalue weighted by molar-refractivity contribution is 5.99. The van der Waals surface area contributed by atoms with Gasteiger partial charge in [0.25, 0.3) is 5.91 Å².